The predicted octanol–water partition coefficient (Wildman–Crippen LogP) is 2.75. The second-order valence-corrected chi connectivity index (χ2v) is 5.70. The van der Waals surface area contributed by atoms with E-state index < -0.39 is 5.60 Å². The van der Waals surface area contributed by atoms with Gasteiger partial charge in [0.2, 0.25) is 5.75 Å². The SMILES string of the molecule is C=C1C[C@@]2(CCCc3cc(OC)c(OC)c(OC)c32)OC1=O. The van der Waals surface area contributed by atoms with Crippen LogP contribution in [0.5, 0.6) is 17.2 Å². The average Bonchev–Trinajstić information content (AvgIpc) is 2.80. The largest absolute Gasteiger partial charge is 0.493 e. The maximum absolute atomic E-state index is 11.9. The Labute approximate surface area is 129 Å². The molecule has 0 radical (unpaired) electrons. The summed E-state index contributed by atoms with van der Waals surface area (Å²) in [7, 11) is 4.76. The number of rotatable bonds is 3. The van der Waals surface area contributed by atoms with E-state index in [0.29, 0.717) is 29.2 Å². The predicted molar refractivity (Wildman–Crippen MR) is 80.6 cm³/mol. The molecule has 1 heterocycles. The summed E-state index contributed by atoms with van der Waals surface area (Å²) in [5, 5.41) is 0. The Hall–Kier alpha value is -2.17. The minimum Gasteiger partial charge on any atom is -0.493 e. The number of benzene rings is 1. The topological polar surface area (TPSA) is 54.0 Å². The number of carbonyl (C=O) groups excluding carboxylic acids is 1. The number of hydrogen-bond acceptors (Lipinski definition) is 5. The molecule has 1 aliphatic heterocycles. The summed E-state index contributed by atoms with van der Waals surface area (Å²) in [5.74, 6) is 1.40. The first-order valence-corrected chi connectivity index (χ1v) is 7.29. The van der Waals surface area contributed by atoms with Crippen molar-refractivity contribution in [3.63, 3.8) is 0 Å². The molecule has 3 rings (SSSR count). The molecule has 0 bridgehead atoms. The first-order valence-electron chi connectivity index (χ1n) is 7.29. The van der Waals surface area contributed by atoms with Crippen molar-refractivity contribution in [2.24, 2.45) is 0 Å². The molecule has 0 amide bonds. The highest BCUT2D eigenvalue weighted by Gasteiger charge is 2.49. The van der Waals surface area contributed by atoms with E-state index in [4.69, 9.17) is 18.9 Å². The van der Waals surface area contributed by atoms with Gasteiger partial charge in [0.1, 0.15) is 5.60 Å². The summed E-state index contributed by atoms with van der Waals surface area (Å²) in [6.07, 6.45) is 3.07. The average molecular weight is 304 g/mol. The lowest BCUT2D eigenvalue weighted by atomic mass is 9.76. The smallest absolute Gasteiger partial charge is 0.334 e. The lowest BCUT2D eigenvalue weighted by Crippen LogP contribution is -2.31. The first kappa shape index (κ1) is 14.8. The van der Waals surface area contributed by atoms with Crippen LogP contribution in [-0.4, -0.2) is 27.3 Å². The Balaban J connectivity index is 2.26. The standard InChI is InChI=1S/C17H20O5/c1-10-9-17(22-16(10)18)7-5-6-11-8-12(19-2)14(20-3)15(21-4)13(11)17/h8H,1,5-7,9H2,2-4H3/t17-/m1/s1. The van der Waals surface area contributed by atoms with E-state index >= 15 is 0 Å². The monoisotopic (exact) mass is 304 g/mol. The lowest BCUT2D eigenvalue weighted by Gasteiger charge is -2.36. The van der Waals surface area contributed by atoms with E-state index in [1.54, 1.807) is 21.3 Å². The molecule has 1 saturated heterocycles. The Bertz CT molecular complexity index is 631. The molecule has 0 N–H and O–H groups in total. The van der Waals surface area contributed by atoms with Crippen molar-refractivity contribution in [2.45, 2.75) is 31.3 Å². The zero-order valence-electron chi connectivity index (χ0n) is 13.2. The molecule has 2 aliphatic rings. The summed E-state index contributed by atoms with van der Waals surface area (Å²) >= 11 is 0. The highest BCUT2D eigenvalue weighted by atomic mass is 16.6. The molecule has 0 unspecified atom stereocenters. The van der Waals surface area contributed by atoms with E-state index in [1.807, 2.05) is 6.07 Å². The Morgan fingerprint density at radius 2 is 1.91 bits per heavy atom. The molecule has 1 aliphatic carbocycles. The van der Waals surface area contributed by atoms with Crippen molar-refractivity contribution in [1.82, 2.24) is 0 Å². The van der Waals surface area contributed by atoms with Gasteiger partial charge in [-0.1, -0.05) is 6.58 Å². The van der Waals surface area contributed by atoms with Crippen molar-refractivity contribution in [3.05, 3.63) is 29.3 Å². The highest BCUT2D eigenvalue weighted by Crippen LogP contribution is 2.55. The fraction of sp³-hybridized carbons (Fsp3) is 0.471. The van der Waals surface area contributed by atoms with Gasteiger partial charge in [-0.15, -0.1) is 0 Å². The van der Waals surface area contributed by atoms with Crippen LogP contribution in [0.4, 0.5) is 0 Å². The minimum absolute atomic E-state index is 0.329. The van der Waals surface area contributed by atoms with Crippen molar-refractivity contribution in [2.75, 3.05) is 21.3 Å². The van der Waals surface area contributed by atoms with Crippen molar-refractivity contribution in [3.8, 4) is 17.2 Å². The maximum atomic E-state index is 11.9. The van der Waals surface area contributed by atoms with Gasteiger partial charge in [-0.2, -0.15) is 0 Å². The van der Waals surface area contributed by atoms with Crippen LogP contribution >= 0.6 is 0 Å². The van der Waals surface area contributed by atoms with Crippen LogP contribution in [-0.2, 0) is 21.6 Å². The normalized spacial score (nSPS) is 23.2. The third-order valence-electron chi connectivity index (χ3n) is 4.47. The van der Waals surface area contributed by atoms with Crippen LogP contribution in [0.3, 0.4) is 0 Å². The number of methoxy groups -OCH3 is 3. The van der Waals surface area contributed by atoms with Gasteiger partial charge >= 0.3 is 5.97 Å². The summed E-state index contributed by atoms with van der Waals surface area (Å²) < 4.78 is 22.2. The fourth-order valence-corrected chi connectivity index (χ4v) is 3.57. The van der Waals surface area contributed by atoms with Crippen LogP contribution in [0.25, 0.3) is 0 Å². The molecule has 1 aromatic carbocycles. The molecule has 5 heteroatoms. The van der Waals surface area contributed by atoms with E-state index in [9.17, 15) is 4.79 Å². The number of aryl methyl sites for hydroxylation is 1. The molecule has 5 nitrogen and oxygen atoms in total. The molecule has 0 aromatic heterocycles. The quantitative estimate of drug-likeness (QED) is 0.635. The zero-order chi connectivity index (χ0) is 15.9. The van der Waals surface area contributed by atoms with Gasteiger partial charge in [0.05, 0.1) is 21.3 Å². The molecule has 118 valence electrons. The van der Waals surface area contributed by atoms with E-state index in [0.717, 1.165) is 30.4 Å². The zero-order valence-corrected chi connectivity index (χ0v) is 13.2. The Morgan fingerprint density at radius 1 is 1.18 bits per heavy atom. The molecule has 22 heavy (non-hydrogen) atoms. The van der Waals surface area contributed by atoms with Gasteiger partial charge in [0, 0.05) is 17.6 Å². The van der Waals surface area contributed by atoms with E-state index in [1.165, 1.54) is 0 Å². The molecule has 1 fully saturated rings. The van der Waals surface area contributed by atoms with Crippen LogP contribution in [0, 0.1) is 0 Å². The highest BCUT2D eigenvalue weighted by molar-refractivity contribution is 5.91. The molecule has 0 saturated carbocycles. The summed E-state index contributed by atoms with van der Waals surface area (Å²) in [6.45, 7) is 3.82. The van der Waals surface area contributed by atoms with Crippen LogP contribution in [0.2, 0.25) is 0 Å². The summed E-state index contributed by atoms with van der Waals surface area (Å²) in [4.78, 5) is 11.9. The van der Waals surface area contributed by atoms with E-state index in [-0.39, 0.29) is 5.97 Å². The van der Waals surface area contributed by atoms with Crippen molar-refractivity contribution in [1.29, 1.82) is 0 Å². The van der Waals surface area contributed by atoms with Gasteiger partial charge in [-0.05, 0) is 30.9 Å². The van der Waals surface area contributed by atoms with Crippen LogP contribution in [0.1, 0.15) is 30.4 Å². The molecular formula is C17H20O5. The number of esters is 1. The molecule has 1 aromatic rings. The Morgan fingerprint density at radius 3 is 2.45 bits per heavy atom. The molecule has 1 atom stereocenters. The van der Waals surface area contributed by atoms with Crippen molar-refractivity contribution < 1.29 is 23.7 Å². The Kier molecular flexibility index (Phi) is 3.51. The third kappa shape index (κ3) is 1.95. The lowest BCUT2D eigenvalue weighted by molar-refractivity contribution is -0.148. The number of ether oxygens (including phenoxy) is 4. The van der Waals surface area contributed by atoms with E-state index in [2.05, 4.69) is 6.58 Å². The number of fused-ring (bicyclic) bond motifs is 2. The maximum Gasteiger partial charge on any atom is 0.334 e. The molecular weight excluding hydrogens is 284 g/mol. The third-order valence-corrected chi connectivity index (χ3v) is 4.47. The molecule has 1 spiro atoms. The first-order chi connectivity index (χ1) is 10.6. The van der Waals surface area contributed by atoms with Crippen molar-refractivity contribution >= 4 is 5.97 Å². The minimum atomic E-state index is -0.688. The fourth-order valence-electron chi connectivity index (χ4n) is 3.57. The van der Waals surface area contributed by atoms with Gasteiger partial charge < -0.3 is 18.9 Å². The number of hydrogen-bond donors (Lipinski definition) is 0. The van der Waals surface area contributed by atoms with Crippen LogP contribution < -0.4 is 14.2 Å². The van der Waals surface area contributed by atoms with Gasteiger partial charge in [-0.3, -0.25) is 0 Å². The summed E-state index contributed by atoms with van der Waals surface area (Å²) in [6, 6.07) is 1.95. The van der Waals surface area contributed by atoms with Crippen LogP contribution in [0.15, 0.2) is 18.2 Å². The second-order valence-electron chi connectivity index (χ2n) is 5.70. The van der Waals surface area contributed by atoms with Gasteiger partial charge in [-0.25, -0.2) is 4.79 Å². The summed E-state index contributed by atoms with van der Waals surface area (Å²) in [5.41, 5.74) is 1.78. The van der Waals surface area contributed by atoms with Gasteiger partial charge in [0.25, 0.3) is 0 Å². The van der Waals surface area contributed by atoms with Gasteiger partial charge in [0.15, 0.2) is 11.5 Å². The number of carbonyl (C=O) groups is 1. The second kappa shape index (κ2) is 5.23.